The summed E-state index contributed by atoms with van der Waals surface area (Å²) in [5.41, 5.74) is 0.317. The molecule has 0 saturated heterocycles. The van der Waals surface area contributed by atoms with Crippen molar-refractivity contribution < 1.29 is 14.5 Å². The molecule has 0 spiro atoms. The van der Waals surface area contributed by atoms with Gasteiger partial charge in [0.25, 0.3) is 5.69 Å². The molecule has 0 aliphatic rings. The Bertz CT molecular complexity index is 509. The summed E-state index contributed by atoms with van der Waals surface area (Å²) in [5, 5.41) is 11.0. The van der Waals surface area contributed by atoms with Gasteiger partial charge in [-0.1, -0.05) is 6.07 Å². The molecule has 0 radical (unpaired) electrons. The fourth-order valence-electron chi connectivity index (χ4n) is 1.50. The van der Waals surface area contributed by atoms with Gasteiger partial charge in [-0.25, -0.2) is 4.79 Å². The van der Waals surface area contributed by atoms with E-state index in [0.29, 0.717) is 0 Å². The second kappa shape index (κ2) is 6.53. The van der Waals surface area contributed by atoms with Crippen LogP contribution in [0.25, 0.3) is 6.08 Å². The molecule has 1 aromatic carbocycles. The van der Waals surface area contributed by atoms with Crippen LogP contribution in [0.15, 0.2) is 24.4 Å². The molecule has 0 amide bonds. The zero-order valence-corrected chi connectivity index (χ0v) is 11.1. The van der Waals surface area contributed by atoms with Crippen molar-refractivity contribution in [1.29, 1.82) is 0 Å². The van der Waals surface area contributed by atoms with Crippen molar-refractivity contribution in [1.82, 2.24) is 4.90 Å². The fraction of sp³-hybridized carbons (Fsp3) is 0.308. The molecule has 0 aliphatic heterocycles. The number of carbonyl (C=O) groups is 1. The Balaban J connectivity index is 3.33. The van der Waals surface area contributed by atoms with Gasteiger partial charge in [-0.15, -0.1) is 0 Å². The highest BCUT2D eigenvalue weighted by Gasteiger charge is 2.20. The summed E-state index contributed by atoms with van der Waals surface area (Å²) in [6.45, 7) is 1.91. The van der Waals surface area contributed by atoms with Gasteiger partial charge in [-0.05, 0) is 25.3 Å². The molecule has 0 bridgehead atoms. The molecule has 1 rings (SSSR count). The lowest BCUT2D eigenvalue weighted by Gasteiger charge is -2.08. The number of nitro benzene ring substituents is 1. The van der Waals surface area contributed by atoms with E-state index in [1.807, 2.05) is 0 Å². The van der Waals surface area contributed by atoms with Crippen LogP contribution < -0.4 is 0 Å². The average Bonchev–Trinajstić information content (AvgIpc) is 2.35. The van der Waals surface area contributed by atoms with E-state index in [0.717, 1.165) is 0 Å². The Kier molecular flexibility index (Phi) is 5.05. The maximum absolute atomic E-state index is 11.8. The third-order valence-corrected chi connectivity index (χ3v) is 2.31. The Labute approximate surface area is 111 Å². The number of benzene rings is 1. The van der Waals surface area contributed by atoms with Crippen LogP contribution in [-0.4, -0.2) is 36.5 Å². The van der Waals surface area contributed by atoms with Gasteiger partial charge in [-0.2, -0.15) is 0 Å². The topological polar surface area (TPSA) is 72.7 Å². The van der Waals surface area contributed by atoms with Crippen LogP contribution >= 0.6 is 0 Å². The fourth-order valence-corrected chi connectivity index (χ4v) is 1.50. The van der Waals surface area contributed by atoms with E-state index >= 15 is 0 Å². The van der Waals surface area contributed by atoms with Gasteiger partial charge in [0.2, 0.25) is 0 Å². The summed E-state index contributed by atoms with van der Waals surface area (Å²) in [4.78, 5) is 24.0. The van der Waals surface area contributed by atoms with Gasteiger partial charge >= 0.3 is 5.97 Å². The molecule has 102 valence electrons. The number of hydrogen-bond donors (Lipinski definition) is 0. The molecule has 0 heterocycles. The van der Waals surface area contributed by atoms with E-state index in [1.54, 1.807) is 32.1 Å². The second-order valence-corrected chi connectivity index (χ2v) is 4.00. The Morgan fingerprint density at radius 2 is 2.16 bits per heavy atom. The van der Waals surface area contributed by atoms with Crippen LogP contribution in [0.5, 0.6) is 0 Å². The van der Waals surface area contributed by atoms with Crippen LogP contribution in [0.2, 0.25) is 0 Å². The molecule has 0 unspecified atom stereocenters. The van der Waals surface area contributed by atoms with E-state index < -0.39 is 10.9 Å². The van der Waals surface area contributed by atoms with Crippen LogP contribution in [0.3, 0.4) is 0 Å². The molecule has 0 N–H and O–H groups in total. The van der Waals surface area contributed by atoms with Gasteiger partial charge < -0.3 is 9.64 Å². The first-order valence-corrected chi connectivity index (χ1v) is 5.76. The number of carbonyl (C=O) groups excluding carboxylic acids is 1. The van der Waals surface area contributed by atoms with Crippen molar-refractivity contribution in [2.45, 2.75) is 6.92 Å². The van der Waals surface area contributed by atoms with Gasteiger partial charge in [0.05, 0.1) is 22.7 Å². The minimum atomic E-state index is -0.565. The molecule has 1 aromatic rings. The first kappa shape index (κ1) is 14.7. The van der Waals surface area contributed by atoms with E-state index in [2.05, 4.69) is 0 Å². The third kappa shape index (κ3) is 3.80. The van der Waals surface area contributed by atoms with Gasteiger partial charge in [0, 0.05) is 20.2 Å². The van der Waals surface area contributed by atoms with E-state index in [4.69, 9.17) is 4.74 Å². The smallest absolute Gasteiger partial charge is 0.338 e. The number of rotatable bonds is 5. The lowest BCUT2D eigenvalue weighted by molar-refractivity contribution is -0.385. The summed E-state index contributed by atoms with van der Waals surface area (Å²) in [6.07, 6.45) is 3.18. The Morgan fingerprint density at radius 1 is 1.47 bits per heavy atom. The van der Waals surface area contributed by atoms with Crippen LogP contribution in [-0.2, 0) is 4.74 Å². The zero-order chi connectivity index (χ0) is 14.4. The quantitative estimate of drug-likeness (QED) is 0.463. The van der Waals surface area contributed by atoms with Crippen molar-refractivity contribution in [3.63, 3.8) is 0 Å². The molecule has 0 fully saturated rings. The molecule has 0 saturated carbocycles. The normalized spacial score (nSPS) is 10.5. The van der Waals surface area contributed by atoms with Crippen LogP contribution in [0.1, 0.15) is 22.8 Å². The molecular weight excluding hydrogens is 248 g/mol. The monoisotopic (exact) mass is 264 g/mol. The molecular formula is C13H16N2O4. The van der Waals surface area contributed by atoms with Crippen molar-refractivity contribution in [2.75, 3.05) is 20.7 Å². The highest BCUT2D eigenvalue weighted by molar-refractivity contribution is 5.95. The number of esters is 1. The Hall–Kier alpha value is -2.37. The third-order valence-electron chi connectivity index (χ3n) is 2.31. The van der Waals surface area contributed by atoms with Gasteiger partial charge in [0.15, 0.2) is 0 Å². The largest absolute Gasteiger partial charge is 0.462 e. The lowest BCUT2D eigenvalue weighted by Crippen LogP contribution is -2.08. The summed E-state index contributed by atoms with van der Waals surface area (Å²) in [6, 6.07) is 4.34. The van der Waals surface area contributed by atoms with Crippen molar-refractivity contribution >= 4 is 17.7 Å². The van der Waals surface area contributed by atoms with E-state index in [1.165, 1.54) is 24.3 Å². The van der Waals surface area contributed by atoms with Crippen molar-refractivity contribution in [2.24, 2.45) is 0 Å². The predicted molar refractivity (Wildman–Crippen MR) is 71.8 cm³/mol. The summed E-state index contributed by atoms with van der Waals surface area (Å²) >= 11 is 0. The van der Waals surface area contributed by atoms with Crippen LogP contribution in [0.4, 0.5) is 5.69 Å². The maximum atomic E-state index is 11.8. The molecule has 0 atom stereocenters. The van der Waals surface area contributed by atoms with Crippen molar-refractivity contribution in [3.8, 4) is 0 Å². The van der Waals surface area contributed by atoms with E-state index in [-0.39, 0.29) is 23.4 Å². The molecule has 6 heteroatoms. The first-order chi connectivity index (χ1) is 8.97. The number of ether oxygens (including phenoxy) is 1. The minimum Gasteiger partial charge on any atom is -0.462 e. The van der Waals surface area contributed by atoms with Crippen molar-refractivity contribution in [3.05, 3.63) is 45.6 Å². The summed E-state index contributed by atoms with van der Waals surface area (Å²) < 4.78 is 4.90. The van der Waals surface area contributed by atoms with E-state index in [9.17, 15) is 14.9 Å². The molecule has 19 heavy (non-hydrogen) atoms. The predicted octanol–water partition coefficient (Wildman–Crippen LogP) is 2.30. The van der Waals surface area contributed by atoms with Gasteiger partial charge in [0.1, 0.15) is 0 Å². The molecule has 0 aromatic heterocycles. The summed E-state index contributed by atoms with van der Waals surface area (Å²) in [5.74, 6) is -0.565. The molecule has 0 aliphatic carbocycles. The maximum Gasteiger partial charge on any atom is 0.338 e. The SMILES string of the molecule is CCOC(=O)c1cccc([N+](=O)[O-])c1C=CN(C)C. The molecule has 6 nitrogen and oxygen atoms in total. The lowest BCUT2D eigenvalue weighted by atomic mass is 10.1. The zero-order valence-electron chi connectivity index (χ0n) is 11.1. The summed E-state index contributed by atoms with van der Waals surface area (Å²) in [7, 11) is 3.57. The van der Waals surface area contributed by atoms with Gasteiger partial charge in [-0.3, -0.25) is 10.1 Å². The average molecular weight is 264 g/mol. The number of nitrogens with zero attached hydrogens (tertiary/aromatic N) is 2. The van der Waals surface area contributed by atoms with Crippen LogP contribution in [0, 0.1) is 10.1 Å². The number of hydrogen-bond acceptors (Lipinski definition) is 5. The number of nitro groups is 1. The second-order valence-electron chi connectivity index (χ2n) is 4.00. The Morgan fingerprint density at radius 3 is 2.68 bits per heavy atom. The standard InChI is InChI=1S/C13H16N2O4/c1-4-19-13(16)11-6-5-7-12(15(17)18)10(11)8-9-14(2)3/h5-9H,4H2,1-3H3. The minimum absolute atomic E-state index is 0.122. The first-order valence-electron chi connectivity index (χ1n) is 5.76. The highest BCUT2D eigenvalue weighted by atomic mass is 16.6. The highest BCUT2D eigenvalue weighted by Crippen LogP contribution is 2.24.